The van der Waals surface area contributed by atoms with Crippen LogP contribution in [0.3, 0.4) is 0 Å². The van der Waals surface area contributed by atoms with Gasteiger partial charge in [0, 0.05) is 19.3 Å². The van der Waals surface area contributed by atoms with Gasteiger partial charge in [0.15, 0.2) is 11.6 Å². The molecule has 104 valence electrons. The fraction of sp³-hybridized carbons (Fsp3) is 0.0833. The summed E-state index contributed by atoms with van der Waals surface area (Å²) in [5.74, 6) is -4.71. The van der Waals surface area contributed by atoms with Crippen LogP contribution < -0.4 is 5.32 Å². The van der Waals surface area contributed by atoms with Crippen molar-refractivity contribution in [2.75, 3.05) is 5.32 Å². The standard InChI is InChI=1S/C12H9F2N3O3/c1-17-5-6(4-15-17)11(18)16-10-3-9(14)8(13)2-7(10)12(19)20/h2-5H,1H3,(H,16,18)(H,19,20). The average Bonchev–Trinajstić information content (AvgIpc) is 2.80. The average molecular weight is 281 g/mol. The second-order valence-corrected chi connectivity index (χ2v) is 3.97. The van der Waals surface area contributed by atoms with Crippen LogP contribution in [0, 0.1) is 11.6 Å². The Morgan fingerprint density at radius 3 is 2.50 bits per heavy atom. The summed E-state index contributed by atoms with van der Waals surface area (Å²) in [5.41, 5.74) is -0.708. The first-order chi connectivity index (χ1) is 9.38. The van der Waals surface area contributed by atoms with E-state index < -0.39 is 29.1 Å². The second-order valence-electron chi connectivity index (χ2n) is 3.97. The summed E-state index contributed by atoms with van der Waals surface area (Å²) >= 11 is 0. The molecule has 1 amide bonds. The highest BCUT2D eigenvalue weighted by Crippen LogP contribution is 2.21. The number of hydrogen-bond donors (Lipinski definition) is 2. The van der Waals surface area contributed by atoms with Gasteiger partial charge >= 0.3 is 5.97 Å². The molecular weight excluding hydrogens is 272 g/mol. The smallest absolute Gasteiger partial charge is 0.337 e. The third kappa shape index (κ3) is 2.63. The molecule has 0 spiro atoms. The molecule has 20 heavy (non-hydrogen) atoms. The van der Waals surface area contributed by atoms with Crippen molar-refractivity contribution in [1.29, 1.82) is 0 Å². The molecule has 0 radical (unpaired) electrons. The highest BCUT2D eigenvalue weighted by Gasteiger charge is 2.18. The first-order valence-corrected chi connectivity index (χ1v) is 5.41. The van der Waals surface area contributed by atoms with E-state index in [4.69, 9.17) is 5.11 Å². The molecule has 0 unspecified atom stereocenters. The van der Waals surface area contributed by atoms with E-state index >= 15 is 0 Å². The van der Waals surface area contributed by atoms with Crippen molar-refractivity contribution in [2.24, 2.45) is 7.05 Å². The molecule has 0 atom stereocenters. The number of halogens is 2. The number of carboxylic acid groups (broad SMARTS) is 1. The number of carboxylic acids is 1. The minimum atomic E-state index is -1.48. The molecule has 0 fully saturated rings. The minimum absolute atomic E-state index is 0.161. The molecule has 0 aliphatic rings. The summed E-state index contributed by atoms with van der Waals surface area (Å²) in [6.07, 6.45) is 2.66. The van der Waals surface area contributed by atoms with Gasteiger partial charge in [-0.2, -0.15) is 5.10 Å². The number of carbonyl (C=O) groups excluding carboxylic acids is 1. The first kappa shape index (κ1) is 13.7. The Morgan fingerprint density at radius 2 is 1.95 bits per heavy atom. The summed E-state index contributed by atoms with van der Waals surface area (Å²) < 4.78 is 27.5. The Hall–Kier alpha value is -2.77. The maximum Gasteiger partial charge on any atom is 0.337 e. The number of hydrogen-bond acceptors (Lipinski definition) is 3. The predicted octanol–water partition coefficient (Wildman–Crippen LogP) is 1.65. The molecule has 6 nitrogen and oxygen atoms in total. The van der Waals surface area contributed by atoms with Crippen molar-refractivity contribution in [3.05, 3.63) is 47.3 Å². The summed E-state index contributed by atoms with van der Waals surface area (Å²) in [6.45, 7) is 0. The number of aromatic nitrogens is 2. The molecule has 0 bridgehead atoms. The Labute approximate surface area is 111 Å². The summed E-state index contributed by atoms with van der Waals surface area (Å²) in [6, 6.07) is 1.13. The number of rotatable bonds is 3. The van der Waals surface area contributed by atoms with E-state index in [9.17, 15) is 18.4 Å². The molecule has 1 aromatic heterocycles. The Kier molecular flexibility index (Phi) is 3.47. The lowest BCUT2D eigenvalue weighted by molar-refractivity contribution is 0.0697. The van der Waals surface area contributed by atoms with Crippen molar-refractivity contribution in [1.82, 2.24) is 9.78 Å². The first-order valence-electron chi connectivity index (χ1n) is 5.41. The zero-order valence-corrected chi connectivity index (χ0v) is 10.2. The normalized spacial score (nSPS) is 10.3. The van der Waals surface area contributed by atoms with Gasteiger partial charge in [-0.15, -0.1) is 0 Å². The van der Waals surface area contributed by atoms with Gasteiger partial charge in [-0.3, -0.25) is 9.48 Å². The largest absolute Gasteiger partial charge is 0.478 e. The fourth-order valence-corrected chi connectivity index (χ4v) is 1.56. The van der Waals surface area contributed by atoms with E-state index in [0.29, 0.717) is 12.1 Å². The number of carbonyl (C=O) groups is 2. The number of nitrogens with zero attached hydrogens (tertiary/aromatic N) is 2. The van der Waals surface area contributed by atoms with Gasteiger partial charge in [-0.25, -0.2) is 13.6 Å². The Bertz CT molecular complexity index is 697. The van der Waals surface area contributed by atoms with Crippen LogP contribution in [-0.4, -0.2) is 26.8 Å². The van der Waals surface area contributed by atoms with Crippen LogP contribution in [0.25, 0.3) is 0 Å². The van der Waals surface area contributed by atoms with Gasteiger partial charge in [-0.1, -0.05) is 0 Å². The maximum absolute atomic E-state index is 13.1. The number of aromatic carboxylic acids is 1. The number of anilines is 1. The zero-order valence-electron chi connectivity index (χ0n) is 10.2. The Morgan fingerprint density at radius 1 is 1.30 bits per heavy atom. The number of nitrogens with one attached hydrogen (secondary N) is 1. The molecule has 0 saturated heterocycles. The highest BCUT2D eigenvalue weighted by molar-refractivity contribution is 6.07. The van der Waals surface area contributed by atoms with Crippen LogP contribution in [0.5, 0.6) is 0 Å². The van der Waals surface area contributed by atoms with Crippen LogP contribution >= 0.6 is 0 Å². The van der Waals surface area contributed by atoms with Crippen LogP contribution in [0.15, 0.2) is 24.5 Å². The highest BCUT2D eigenvalue weighted by atomic mass is 19.2. The third-order valence-electron chi connectivity index (χ3n) is 2.51. The summed E-state index contributed by atoms with van der Waals surface area (Å²) in [4.78, 5) is 22.8. The SMILES string of the molecule is Cn1cc(C(=O)Nc2cc(F)c(F)cc2C(=O)O)cn1. The lowest BCUT2D eigenvalue weighted by Gasteiger charge is -2.08. The van der Waals surface area contributed by atoms with Crippen LogP contribution in [0.4, 0.5) is 14.5 Å². The van der Waals surface area contributed by atoms with Crippen molar-refractivity contribution in [3.63, 3.8) is 0 Å². The minimum Gasteiger partial charge on any atom is -0.478 e. The summed E-state index contributed by atoms with van der Waals surface area (Å²) in [5, 5.41) is 14.9. The maximum atomic E-state index is 13.1. The number of aryl methyl sites for hydroxylation is 1. The van der Waals surface area contributed by atoms with Gasteiger partial charge in [0.1, 0.15) is 0 Å². The molecule has 1 aromatic carbocycles. The van der Waals surface area contributed by atoms with Crippen LogP contribution in [0.2, 0.25) is 0 Å². The van der Waals surface area contributed by atoms with E-state index in [-0.39, 0.29) is 11.3 Å². The van der Waals surface area contributed by atoms with Crippen molar-refractivity contribution in [2.45, 2.75) is 0 Å². The molecule has 2 rings (SSSR count). The van der Waals surface area contributed by atoms with Crippen molar-refractivity contribution >= 4 is 17.6 Å². The van der Waals surface area contributed by atoms with Crippen molar-refractivity contribution in [3.8, 4) is 0 Å². The van der Waals surface area contributed by atoms with Gasteiger partial charge in [0.25, 0.3) is 5.91 Å². The van der Waals surface area contributed by atoms with E-state index in [2.05, 4.69) is 10.4 Å². The number of benzene rings is 1. The van der Waals surface area contributed by atoms with Crippen molar-refractivity contribution < 1.29 is 23.5 Å². The van der Waals surface area contributed by atoms with Gasteiger partial charge in [-0.05, 0) is 6.07 Å². The number of amides is 1. The predicted molar refractivity (Wildman–Crippen MR) is 64.5 cm³/mol. The lowest BCUT2D eigenvalue weighted by atomic mass is 10.1. The molecular formula is C12H9F2N3O3. The molecule has 2 aromatic rings. The zero-order chi connectivity index (χ0) is 14.9. The Balaban J connectivity index is 2.35. The van der Waals surface area contributed by atoms with E-state index in [1.807, 2.05) is 0 Å². The summed E-state index contributed by atoms with van der Waals surface area (Å²) in [7, 11) is 1.59. The van der Waals surface area contributed by atoms with Gasteiger partial charge in [0.05, 0.1) is 23.0 Å². The quantitative estimate of drug-likeness (QED) is 0.896. The van der Waals surface area contributed by atoms with Gasteiger partial charge < -0.3 is 10.4 Å². The molecule has 0 aliphatic carbocycles. The van der Waals surface area contributed by atoms with Gasteiger partial charge in [0.2, 0.25) is 0 Å². The third-order valence-corrected chi connectivity index (χ3v) is 2.51. The lowest BCUT2D eigenvalue weighted by Crippen LogP contribution is -2.15. The van der Waals surface area contributed by atoms with E-state index in [1.54, 1.807) is 7.05 Å². The van der Waals surface area contributed by atoms with Crippen LogP contribution in [0.1, 0.15) is 20.7 Å². The van der Waals surface area contributed by atoms with Crippen LogP contribution in [-0.2, 0) is 7.05 Å². The monoisotopic (exact) mass is 281 g/mol. The second kappa shape index (κ2) is 5.08. The fourth-order valence-electron chi connectivity index (χ4n) is 1.56. The van der Waals surface area contributed by atoms with E-state index in [1.165, 1.54) is 17.1 Å². The molecule has 0 saturated carbocycles. The van der Waals surface area contributed by atoms with E-state index in [0.717, 1.165) is 0 Å². The molecule has 1 heterocycles. The molecule has 2 N–H and O–H groups in total. The topological polar surface area (TPSA) is 84.2 Å². The molecule has 0 aliphatic heterocycles. The molecule has 8 heteroatoms.